The average molecular weight is 414 g/mol. The Labute approximate surface area is 180 Å². The number of hydrogen-bond donors (Lipinski definition) is 1. The maximum absolute atomic E-state index is 12.6. The second kappa shape index (κ2) is 9.37. The number of amides is 2. The van der Waals surface area contributed by atoms with Crippen LogP contribution in [0.15, 0.2) is 90.3 Å². The second-order valence-electron chi connectivity index (χ2n) is 7.03. The number of nitrogens with zero attached hydrogens (tertiary/aromatic N) is 2. The lowest BCUT2D eigenvalue weighted by Crippen LogP contribution is -2.36. The van der Waals surface area contributed by atoms with Crippen molar-refractivity contribution in [3.63, 3.8) is 0 Å². The first-order valence-electron chi connectivity index (χ1n) is 9.83. The van der Waals surface area contributed by atoms with Gasteiger partial charge in [-0.25, -0.2) is 9.78 Å². The van der Waals surface area contributed by atoms with Crippen molar-refractivity contribution in [3.05, 3.63) is 101 Å². The smallest absolute Gasteiger partial charge is 0.317 e. The molecule has 4 rings (SSSR count). The lowest BCUT2D eigenvalue weighted by atomic mass is 9.99. The minimum Gasteiger partial charge on any atom is -0.331 e. The fourth-order valence-corrected chi connectivity index (χ4v) is 4.05. The first-order chi connectivity index (χ1) is 14.7. The van der Waals surface area contributed by atoms with Gasteiger partial charge in [0.05, 0.1) is 12.2 Å². The molecule has 150 valence electrons. The summed E-state index contributed by atoms with van der Waals surface area (Å²) < 4.78 is 0. The van der Waals surface area contributed by atoms with Crippen LogP contribution in [0.2, 0.25) is 0 Å². The maximum atomic E-state index is 12.6. The number of aromatic nitrogens is 1. The topological polar surface area (TPSA) is 45.2 Å². The van der Waals surface area contributed by atoms with E-state index in [1.807, 2.05) is 73.1 Å². The van der Waals surface area contributed by atoms with Gasteiger partial charge in [0, 0.05) is 24.5 Å². The third-order valence-corrected chi connectivity index (χ3v) is 5.72. The zero-order chi connectivity index (χ0) is 20.8. The summed E-state index contributed by atoms with van der Waals surface area (Å²) in [5.74, 6) is 0. The predicted molar refractivity (Wildman–Crippen MR) is 123 cm³/mol. The minimum absolute atomic E-state index is 0.116. The Hall–Kier alpha value is -3.44. The van der Waals surface area contributed by atoms with Gasteiger partial charge in [0.2, 0.25) is 0 Å². The highest BCUT2D eigenvalue weighted by Gasteiger charge is 2.13. The molecule has 2 amide bonds. The number of urea groups is 1. The molecule has 0 bridgehead atoms. The van der Waals surface area contributed by atoms with Gasteiger partial charge in [0.15, 0.2) is 0 Å². The molecule has 0 unspecified atom stereocenters. The van der Waals surface area contributed by atoms with Gasteiger partial charge in [-0.2, -0.15) is 0 Å². The van der Waals surface area contributed by atoms with E-state index in [4.69, 9.17) is 0 Å². The van der Waals surface area contributed by atoms with Crippen LogP contribution < -0.4 is 5.32 Å². The van der Waals surface area contributed by atoms with Crippen molar-refractivity contribution in [2.75, 3.05) is 7.05 Å². The Morgan fingerprint density at radius 2 is 1.53 bits per heavy atom. The minimum atomic E-state index is -0.116. The quantitative estimate of drug-likeness (QED) is 0.433. The third kappa shape index (κ3) is 4.75. The number of benzene rings is 3. The fraction of sp³-hybridized carbons (Fsp3) is 0.120. The van der Waals surface area contributed by atoms with E-state index in [-0.39, 0.29) is 6.03 Å². The Morgan fingerprint density at radius 3 is 2.27 bits per heavy atom. The summed E-state index contributed by atoms with van der Waals surface area (Å²) in [7, 11) is 1.81. The van der Waals surface area contributed by atoms with Crippen LogP contribution in [-0.2, 0) is 13.1 Å². The summed E-state index contributed by atoms with van der Waals surface area (Å²) in [6, 6.07) is 28.4. The molecule has 3 aromatic carbocycles. The Morgan fingerprint density at radius 1 is 0.900 bits per heavy atom. The summed E-state index contributed by atoms with van der Waals surface area (Å²) in [4.78, 5) is 19.0. The average Bonchev–Trinajstić information content (AvgIpc) is 3.28. The van der Waals surface area contributed by atoms with E-state index in [0.29, 0.717) is 13.1 Å². The van der Waals surface area contributed by atoms with Crippen molar-refractivity contribution < 1.29 is 4.79 Å². The molecule has 0 saturated carbocycles. The largest absolute Gasteiger partial charge is 0.331 e. The molecule has 4 nitrogen and oxygen atoms in total. The summed E-state index contributed by atoms with van der Waals surface area (Å²) in [6.07, 6.45) is 0. The van der Waals surface area contributed by atoms with Crippen molar-refractivity contribution >= 4 is 17.4 Å². The molecule has 1 N–H and O–H groups in total. The lowest BCUT2D eigenvalue weighted by molar-refractivity contribution is 0.206. The van der Waals surface area contributed by atoms with Crippen molar-refractivity contribution in [1.82, 2.24) is 15.2 Å². The first-order valence-corrected chi connectivity index (χ1v) is 10.7. The molecular weight excluding hydrogens is 390 g/mol. The summed E-state index contributed by atoms with van der Waals surface area (Å²) in [5, 5.41) is 5.89. The monoisotopic (exact) mass is 413 g/mol. The third-order valence-electron chi connectivity index (χ3n) is 4.87. The number of carbonyl (C=O) groups excluding carboxylic acids is 1. The van der Waals surface area contributed by atoms with E-state index >= 15 is 0 Å². The summed E-state index contributed by atoms with van der Waals surface area (Å²) in [6.45, 7) is 0.949. The maximum Gasteiger partial charge on any atom is 0.317 e. The molecule has 0 spiro atoms. The molecule has 0 aliphatic rings. The SMILES string of the molecule is CN(Cc1ccccc1-c1ccccc1)C(=O)NCc1nc(-c2ccccc2)cs1. The molecule has 0 fully saturated rings. The van der Waals surface area contributed by atoms with Crippen molar-refractivity contribution in [1.29, 1.82) is 0 Å². The number of carbonyl (C=O) groups is 1. The molecule has 0 saturated heterocycles. The molecule has 1 heterocycles. The second-order valence-corrected chi connectivity index (χ2v) is 7.97. The summed E-state index contributed by atoms with van der Waals surface area (Å²) >= 11 is 1.56. The molecule has 30 heavy (non-hydrogen) atoms. The zero-order valence-corrected chi connectivity index (χ0v) is 17.6. The number of nitrogens with one attached hydrogen (secondary N) is 1. The van der Waals surface area contributed by atoms with Crippen LogP contribution in [0.4, 0.5) is 4.79 Å². The van der Waals surface area contributed by atoms with E-state index in [9.17, 15) is 4.79 Å². The molecular formula is C25H23N3OS. The van der Waals surface area contributed by atoms with Crippen LogP contribution >= 0.6 is 11.3 Å². The number of thiazole rings is 1. The molecule has 5 heteroatoms. The normalized spacial score (nSPS) is 10.6. The van der Waals surface area contributed by atoms with Crippen LogP contribution in [0.1, 0.15) is 10.6 Å². The highest BCUT2D eigenvalue weighted by molar-refractivity contribution is 7.09. The molecule has 0 aliphatic carbocycles. The van der Waals surface area contributed by atoms with Crippen LogP contribution in [0.3, 0.4) is 0 Å². The van der Waals surface area contributed by atoms with E-state index in [2.05, 4.69) is 34.6 Å². The van der Waals surface area contributed by atoms with Crippen LogP contribution in [0.5, 0.6) is 0 Å². The Balaban J connectivity index is 1.38. The van der Waals surface area contributed by atoms with Gasteiger partial charge in [-0.3, -0.25) is 0 Å². The predicted octanol–water partition coefficient (Wildman–Crippen LogP) is 5.82. The fourth-order valence-electron chi connectivity index (χ4n) is 3.30. The van der Waals surface area contributed by atoms with E-state index in [1.54, 1.807) is 16.2 Å². The van der Waals surface area contributed by atoms with Gasteiger partial charge in [-0.1, -0.05) is 84.9 Å². The van der Waals surface area contributed by atoms with Crippen molar-refractivity contribution in [2.24, 2.45) is 0 Å². The van der Waals surface area contributed by atoms with Crippen molar-refractivity contribution in [3.8, 4) is 22.4 Å². The van der Waals surface area contributed by atoms with Crippen LogP contribution in [-0.4, -0.2) is 23.0 Å². The molecule has 0 radical (unpaired) electrons. The van der Waals surface area contributed by atoms with Crippen LogP contribution in [0.25, 0.3) is 22.4 Å². The van der Waals surface area contributed by atoms with Crippen molar-refractivity contribution in [2.45, 2.75) is 13.1 Å². The highest BCUT2D eigenvalue weighted by atomic mass is 32.1. The van der Waals surface area contributed by atoms with Gasteiger partial charge in [0.25, 0.3) is 0 Å². The van der Waals surface area contributed by atoms with Gasteiger partial charge in [-0.05, 0) is 16.7 Å². The molecule has 1 aromatic heterocycles. The zero-order valence-electron chi connectivity index (χ0n) is 16.8. The van der Waals surface area contributed by atoms with Gasteiger partial charge < -0.3 is 10.2 Å². The Kier molecular flexibility index (Phi) is 6.20. The standard InChI is InChI=1S/C25H23N3OS/c1-28(17-21-14-8-9-15-22(21)19-10-4-2-5-11-19)25(29)26-16-24-27-23(18-30-24)20-12-6-3-7-13-20/h2-15,18H,16-17H2,1H3,(H,26,29). The number of rotatable bonds is 6. The lowest BCUT2D eigenvalue weighted by Gasteiger charge is -2.19. The molecule has 0 atom stereocenters. The van der Waals surface area contributed by atoms with Crippen LogP contribution in [0, 0.1) is 0 Å². The van der Waals surface area contributed by atoms with E-state index in [1.165, 1.54) is 0 Å². The van der Waals surface area contributed by atoms with E-state index in [0.717, 1.165) is 33.0 Å². The molecule has 0 aliphatic heterocycles. The van der Waals surface area contributed by atoms with Gasteiger partial charge >= 0.3 is 6.03 Å². The number of hydrogen-bond acceptors (Lipinski definition) is 3. The summed E-state index contributed by atoms with van der Waals surface area (Å²) in [5.41, 5.74) is 5.43. The Bertz CT molecular complexity index is 1110. The van der Waals surface area contributed by atoms with E-state index < -0.39 is 0 Å². The van der Waals surface area contributed by atoms with Gasteiger partial charge in [0.1, 0.15) is 5.01 Å². The first kappa shape index (κ1) is 19.9. The van der Waals surface area contributed by atoms with Gasteiger partial charge in [-0.15, -0.1) is 11.3 Å². The highest BCUT2D eigenvalue weighted by Crippen LogP contribution is 2.24. The molecule has 4 aromatic rings.